The summed E-state index contributed by atoms with van der Waals surface area (Å²) < 4.78 is 7.13. The molecule has 28 heavy (non-hydrogen) atoms. The first-order valence-corrected chi connectivity index (χ1v) is 9.19. The SMILES string of the molecule is CC(Cc1ccccc1)Nc1ncnc2c1ncn2[C@@H]1O[C@H](CO)C(O)[C@@H]1O. The van der Waals surface area contributed by atoms with Crippen molar-refractivity contribution in [2.24, 2.45) is 0 Å². The number of nitrogens with one attached hydrogen (secondary N) is 1. The zero-order valence-electron chi connectivity index (χ0n) is 15.4. The van der Waals surface area contributed by atoms with Crippen LogP contribution in [0.4, 0.5) is 5.82 Å². The quantitative estimate of drug-likeness (QED) is 0.483. The minimum Gasteiger partial charge on any atom is -0.394 e. The molecule has 148 valence electrons. The largest absolute Gasteiger partial charge is 0.394 e. The first-order valence-electron chi connectivity index (χ1n) is 9.19. The minimum absolute atomic E-state index is 0.111. The molecule has 1 aromatic carbocycles. The fraction of sp³-hybridized carbons (Fsp3) is 0.421. The van der Waals surface area contributed by atoms with Crippen molar-refractivity contribution >= 4 is 17.0 Å². The summed E-state index contributed by atoms with van der Waals surface area (Å²) >= 11 is 0. The van der Waals surface area contributed by atoms with Crippen LogP contribution in [0.1, 0.15) is 18.7 Å². The van der Waals surface area contributed by atoms with Gasteiger partial charge in [0.2, 0.25) is 0 Å². The lowest BCUT2D eigenvalue weighted by atomic mass is 10.1. The van der Waals surface area contributed by atoms with Crippen LogP contribution in [0.5, 0.6) is 0 Å². The second-order valence-electron chi connectivity index (χ2n) is 7.01. The van der Waals surface area contributed by atoms with Gasteiger partial charge >= 0.3 is 0 Å². The van der Waals surface area contributed by atoms with Gasteiger partial charge in [-0.15, -0.1) is 0 Å². The first-order chi connectivity index (χ1) is 13.6. The maximum absolute atomic E-state index is 10.3. The van der Waals surface area contributed by atoms with Crippen molar-refractivity contribution in [3.63, 3.8) is 0 Å². The number of ether oxygens (including phenoxy) is 1. The molecule has 0 bridgehead atoms. The number of imidazole rings is 1. The van der Waals surface area contributed by atoms with Crippen LogP contribution >= 0.6 is 0 Å². The lowest BCUT2D eigenvalue weighted by Gasteiger charge is -2.17. The number of aliphatic hydroxyl groups excluding tert-OH is 3. The van der Waals surface area contributed by atoms with Gasteiger partial charge in [-0.2, -0.15) is 0 Å². The molecule has 1 aliphatic rings. The second kappa shape index (κ2) is 7.80. The third-order valence-electron chi connectivity index (χ3n) is 4.92. The molecule has 1 fully saturated rings. The summed E-state index contributed by atoms with van der Waals surface area (Å²) in [5, 5.41) is 32.9. The van der Waals surface area contributed by atoms with Gasteiger partial charge in [0.1, 0.15) is 24.6 Å². The smallest absolute Gasteiger partial charge is 0.167 e. The molecule has 9 nitrogen and oxygen atoms in total. The molecular weight excluding hydrogens is 362 g/mol. The second-order valence-corrected chi connectivity index (χ2v) is 7.01. The van der Waals surface area contributed by atoms with Crippen LogP contribution in [-0.4, -0.2) is 65.8 Å². The molecule has 0 aliphatic carbocycles. The summed E-state index contributed by atoms with van der Waals surface area (Å²) in [5.41, 5.74) is 2.23. The van der Waals surface area contributed by atoms with E-state index in [9.17, 15) is 15.3 Å². The Balaban J connectivity index is 1.57. The van der Waals surface area contributed by atoms with E-state index >= 15 is 0 Å². The predicted molar refractivity (Wildman–Crippen MR) is 102 cm³/mol. The van der Waals surface area contributed by atoms with Gasteiger partial charge in [-0.05, 0) is 18.9 Å². The molecule has 1 saturated heterocycles. The summed E-state index contributed by atoms with van der Waals surface area (Å²) in [5.74, 6) is 0.582. The van der Waals surface area contributed by atoms with Crippen molar-refractivity contribution in [3.8, 4) is 0 Å². The molecule has 1 aliphatic heterocycles. The van der Waals surface area contributed by atoms with Gasteiger partial charge < -0.3 is 25.4 Å². The number of hydrogen-bond donors (Lipinski definition) is 4. The molecule has 2 unspecified atom stereocenters. The highest BCUT2D eigenvalue weighted by Crippen LogP contribution is 2.32. The Morgan fingerprint density at radius 1 is 1.14 bits per heavy atom. The number of rotatable bonds is 6. The van der Waals surface area contributed by atoms with Crippen LogP contribution in [0, 0.1) is 0 Å². The Kier molecular flexibility index (Phi) is 5.23. The summed E-state index contributed by atoms with van der Waals surface area (Å²) in [4.78, 5) is 12.9. The zero-order valence-corrected chi connectivity index (χ0v) is 15.4. The van der Waals surface area contributed by atoms with Gasteiger partial charge in [0.05, 0.1) is 12.9 Å². The summed E-state index contributed by atoms with van der Waals surface area (Å²) in [6.07, 6.45) is -0.395. The number of nitrogens with zero attached hydrogens (tertiary/aromatic N) is 4. The van der Waals surface area contributed by atoms with E-state index in [0.29, 0.717) is 17.0 Å². The topological polar surface area (TPSA) is 126 Å². The van der Waals surface area contributed by atoms with E-state index in [1.54, 1.807) is 4.57 Å². The third-order valence-corrected chi connectivity index (χ3v) is 4.92. The van der Waals surface area contributed by atoms with E-state index < -0.39 is 24.5 Å². The first kappa shape index (κ1) is 18.8. The van der Waals surface area contributed by atoms with E-state index in [2.05, 4.69) is 39.3 Å². The standard InChI is InChI=1S/C19H23N5O4/c1-11(7-12-5-3-2-4-6-12)23-17-14-18(21-9-20-17)24(10-22-14)19-16(27)15(26)13(8-25)28-19/h2-6,9-11,13,15-16,19,25-27H,7-8H2,1H3,(H,20,21,23)/t11?,13-,15?,16+,19-/m1/s1. The van der Waals surface area contributed by atoms with Crippen LogP contribution in [0.15, 0.2) is 43.0 Å². The van der Waals surface area contributed by atoms with Crippen molar-refractivity contribution in [1.29, 1.82) is 0 Å². The van der Waals surface area contributed by atoms with E-state index in [4.69, 9.17) is 4.74 Å². The fourth-order valence-corrected chi connectivity index (χ4v) is 3.51. The summed E-state index contributed by atoms with van der Waals surface area (Å²) in [6.45, 7) is 1.67. The van der Waals surface area contributed by atoms with Crippen molar-refractivity contribution < 1.29 is 20.1 Å². The highest BCUT2D eigenvalue weighted by Gasteiger charge is 2.44. The lowest BCUT2D eigenvalue weighted by molar-refractivity contribution is -0.0511. The van der Waals surface area contributed by atoms with E-state index in [1.165, 1.54) is 18.2 Å². The Hall–Kier alpha value is -2.59. The van der Waals surface area contributed by atoms with Gasteiger partial charge in [0, 0.05) is 6.04 Å². The van der Waals surface area contributed by atoms with Gasteiger partial charge in [0.15, 0.2) is 23.2 Å². The van der Waals surface area contributed by atoms with Crippen molar-refractivity contribution in [1.82, 2.24) is 19.5 Å². The third kappa shape index (κ3) is 3.45. The van der Waals surface area contributed by atoms with Crippen LogP contribution in [0.25, 0.3) is 11.2 Å². The van der Waals surface area contributed by atoms with E-state index in [0.717, 1.165) is 6.42 Å². The van der Waals surface area contributed by atoms with Crippen molar-refractivity contribution in [3.05, 3.63) is 48.5 Å². The Morgan fingerprint density at radius 2 is 1.93 bits per heavy atom. The maximum atomic E-state index is 10.3. The predicted octanol–water partition coefficient (Wildman–Crippen LogP) is 0.481. The molecule has 0 radical (unpaired) electrons. The lowest BCUT2D eigenvalue weighted by Crippen LogP contribution is -2.33. The number of anilines is 1. The zero-order chi connectivity index (χ0) is 19.7. The Morgan fingerprint density at radius 3 is 2.64 bits per heavy atom. The van der Waals surface area contributed by atoms with Gasteiger partial charge in [-0.3, -0.25) is 4.57 Å². The van der Waals surface area contributed by atoms with Crippen LogP contribution in [-0.2, 0) is 11.2 Å². The fourth-order valence-electron chi connectivity index (χ4n) is 3.51. The molecule has 3 aromatic rings. The molecule has 0 amide bonds. The molecule has 9 heteroatoms. The molecule has 2 aromatic heterocycles. The Bertz CT molecular complexity index is 934. The molecule has 0 saturated carbocycles. The van der Waals surface area contributed by atoms with Crippen LogP contribution in [0.3, 0.4) is 0 Å². The minimum atomic E-state index is -1.20. The normalized spacial score (nSPS) is 25.9. The summed E-state index contributed by atoms with van der Waals surface area (Å²) in [7, 11) is 0. The molecule has 0 spiro atoms. The van der Waals surface area contributed by atoms with Gasteiger partial charge in [-0.1, -0.05) is 30.3 Å². The number of aromatic nitrogens is 4. The highest BCUT2D eigenvalue weighted by atomic mass is 16.6. The average Bonchev–Trinajstić information content (AvgIpc) is 3.25. The van der Waals surface area contributed by atoms with Crippen molar-refractivity contribution in [2.45, 2.75) is 43.9 Å². The van der Waals surface area contributed by atoms with Crippen LogP contribution < -0.4 is 5.32 Å². The molecule has 3 heterocycles. The molecule has 5 atom stereocenters. The van der Waals surface area contributed by atoms with Gasteiger partial charge in [-0.25, -0.2) is 15.0 Å². The van der Waals surface area contributed by atoms with E-state index in [-0.39, 0.29) is 12.6 Å². The van der Waals surface area contributed by atoms with Crippen LogP contribution in [0.2, 0.25) is 0 Å². The maximum Gasteiger partial charge on any atom is 0.167 e. The molecule has 4 rings (SSSR count). The Labute approximate surface area is 161 Å². The monoisotopic (exact) mass is 385 g/mol. The number of fused-ring (bicyclic) bond motifs is 1. The van der Waals surface area contributed by atoms with Gasteiger partial charge in [0.25, 0.3) is 0 Å². The van der Waals surface area contributed by atoms with Crippen molar-refractivity contribution in [2.75, 3.05) is 11.9 Å². The number of aliphatic hydroxyl groups is 3. The average molecular weight is 385 g/mol. The van der Waals surface area contributed by atoms with E-state index in [1.807, 2.05) is 18.2 Å². The highest BCUT2D eigenvalue weighted by molar-refractivity contribution is 5.82. The number of hydrogen-bond acceptors (Lipinski definition) is 8. The summed E-state index contributed by atoms with van der Waals surface area (Å²) in [6, 6.07) is 10.3. The number of benzene rings is 1. The molecule has 4 N–H and O–H groups in total. The molecular formula is C19H23N5O4.